The van der Waals surface area contributed by atoms with Crippen molar-refractivity contribution in [3.8, 4) is 0 Å². The van der Waals surface area contributed by atoms with Crippen LogP contribution < -0.4 is 0 Å². The lowest BCUT2D eigenvalue weighted by Crippen LogP contribution is -2.61. The average molecular weight is 379 g/mol. The molecule has 0 saturated carbocycles. The van der Waals surface area contributed by atoms with Crippen LogP contribution in [-0.4, -0.2) is 53.1 Å². The van der Waals surface area contributed by atoms with Crippen LogP contribution in [0.3, 0.4) is 0 Å². The van der Waals surface area contributed by atoms with Gasteiger partial charge in [-0.05, 0) is 36.6 Å². The molecule has 2 heterocycles. The maximum absolute atomic E-state index is 12.3. The Labute approximate surface area is 143 Å². The molecule has 0 aliphatic carbocycles. The van der Waals surface area contributed by atoms with Crippen molar-refractivity contribution in [2.24, 2.45) is 5.41 Å². The first-order chi connectivity index (χ1) is 11.0. The van der Waals surface area contributed by atoms with Crippen LogP contribution in [0.25, 0.3) is 6.08 Å². The molecule has 0 atom stereocenters. The largest absolute Gasteiger partial charge is 0.465 e. The van der Waals surface area contributed by atoms with Gasteiger partial charge >= 0.3 is 6.09 Å². The molecule has 122 valence electrons. The van der Waals surface area contributed by atoms with Crippen LogP contribution in [0.1, 0.15) is 18.4 Å². The standard InChI is InChI=1S/C17H19BrN2O3/c18-14-4-1-13(2-5-14)3-6-15(21)19-9-7-17(8-10-19)11-20(12-17)16(22)23/h1-6H,7-12H2,(H,22,23). The van der Waals surface area contributed by atoms with Crippen molar-refractivity contribution < 1.29 is 14.7 Å². The zero-order valence-corrected chi connectivity index (χ0v) is 14.3. The number of piperidine rings is 1. The van der Waals surface area contributed by atoms with Gasteiger partial charge < -0.3 is 14.9 Å². The van der Waals surface area contributed by atoms with Crippen LogP contribution in [-0.2, 0) is 4.79 Å². The Morgan fingerprint density at radius 2 is 1.70 bits per heavy atom. The van der Waals surface area contributed by atoms with Gasteiger partial charge in [0.1, 0.15) is 0 Å². The molecule has 2 fully saturated rings. The first-order valence-electron chi connectivity index (χ1n) is 7.68. The van der Waals surface area contributed by atoms with Crippen LogP contribution in [0.4, 0.5) is 4.79 Å². The Morgan fingerprint density at radius 3 is 2.26 bits per heavy atom. The molecule has 0 unspecified atom stereocenters. The Bertz CT molecular complexity index is 626. The van der Waals surface area contributed by atoms with Crippen molar-refractivity contribution in [1.82, 2.24) is 9.80 Å². The van der Waals surface area contributed by atoms with Crippen molar-refractivity contribution in [3.05, 3.63) is 40.4 Å². The van der Waals surface area contributed by atoms with Gasteiger partial charge in [0.2, 0.25) is 5.91 Å². The van der Waals surface area contributed by atoms with Crippen LogP contribution in [0.15, 0.2) is 34.8 Å². The Hall–Kier alpha value is -1.82. The van der Waals surface area contributed by atoms with Gasteiger partial charge in [-0.15, -0.1) is 0 Å². The number of likely N-dealkylation sites (tertiary alicyclic amines) is 2. The molecule has 1 spiro atoms. The minimum absolute atomic E-state index is 0.0252. The van der Waals surface area contributed by atoms with Crippen molar-refractivity contribution in [2.45, 2.75) is 12.8 Å². The first kappa shape index (κ1) is 16.1. The third kappa shape index (κ3) is 3.58. The summed E-state index contributed by atoms with van der Waals surface area (Å²) >= 11 is 3.38. The maximum Gasteiger partial charge on any atom is 0.407 e. The number of carbonyl (C=O) groups is 2. The third-order valence-electron chi connectivity index (χ3n) is 4.75. The van der Waals surface area contributed by atoms with E-state index in [2.05, 4.69) is 15.9 Å². The number of rotatable bonds is 2. The third-order valence-corrected chi connectivity index (χ3v) is 5.28. The van der Waals surface area contributed by atoms with E-state index in [0.717, 1.165) is 22.9 Å². The van der Waals surface area contributed by atoms with Gasteiger partial charge in [-0.1, -0.05) is 28.1 Å². The summed E-state index contributed by atoms with van der Waals surface area (Å²) in [5.74, 6) is 0.0252. The zero-order valence-electron chi connectivity index (χ0n) is 12.7. The number of hydrogen-bond acceptors (Lipinski definition) is 2. The van der Waals surface area contributed by atoms with Crippen molar-refractivity contribution in [3.63, 3.8) is 0 Å². The lowest BCUT2D eigenvalue weighted by molar-refractivity contribution is -0.130. The molecule has 3 rings (SSSR count). The predicted octanol–water partition coefficient (Wildman–Crippen LogP) is 3.06. The van der Waals surface area contributed by atoms with Gasteiger partial charge in [-0.2, -0.15) is 0 Å². The highest BCUT2D eigenvalue weighted by molar-refractivity contribution is 9.10. The summed E-state index contributed by atoms with van der Waals surface area (Å²) in [5.41, 5.74) is 1.09. The lowest BCUT2D eigenvalue weighted by atomic mass is 9.72. The van der Waals surface area contributed by atoms with Gasteiger partial charge in [0.15, 0.2) is 0 Å². The van der Waals surface area contributed by atoms with E-state index < -0.39 is 6.09 Å². The molecule has 2 aliphatic rings. The van der Waals surface area contributed by atoms with Crippen LogP contribution in [0.5, 0.6) is 0 Å². The lowest BCUT2D eigenvalue weighted by Gasteiger charge is -2.52. The Morgan fingerprint density at radius 1 is 1.09 bits per heavy atom. The van der Waals surface area contributed by atoms with E-state index in [9.17, 15) is 9.59 Å². The summed E-state index contributed by atoms with van der Waals surface area (Å²) in [4.78, 5) is 26.4. The number of halogens is 1. The summed E-state index contributed by atoms with van der Waals surface area (Å²) in [7, 11) is 0. The summed E-state index contributed by atoms with van der Waals surface area (Å²) in [6.07, 6.45) is 4.37. The topological polar surface area (TPSA) is 60.9 Å². The van der Waals surface area contributed by atoms with E-state index in [1.807, 2.05) is 35.2 Å². The molecule has 2 aliphatic heterocycles. The van der Waals surface area contributed by atoms with Crippen LogP contribution in [0.2, 0.25) is 0 Å². The molecule has 1 aromatic rings. The number of amides is 2. The second-order valence-electron chi connectivity index (χ2n) is 6.35. The fraction of sp³-hybridized carbons (Fsp3) is 0.412. The highest BCUT2D eigenvalue weighted by Gasteiger charge is 2.47. The number of carboxylic acid groups (broad SMARTS) is 1. The number of carbonyl (C=O) groups excluding carboxylic acids is 1. The maximum atomic E-state index is 12.3. The average Bonchev–Trinajstić information content (AvgIpc) is 2.51. The van der Waals surface area contributed by atoms with Gasteiger partial charge in [0.05, 0.1) is 0 Å². The highest BCUT2D eigenvalue weighted by Crippen LogP contribution is 2.40. The van der Waals surface area contributed by atoms with Gasteiger partial charge in [-0.3, -0.25) is 4.79 Å². The quantitative estimate of drug-likeness (QED) is 0.804. The molecule has 0 bridgehead atoms. The number of benzene rings is 1. The van der Waals surface area contributed by atoms with Crippen molar-refractivity contribution in [2.75, 3.05) is 26.2 Å². The van der Waals surface area contributed by atoms with Crippen molar-refractivity contribution >= 4 is 34.0 Å². The van der Waals surface area contributed by atoms with E-state index in [1.54, 1.807) is 6.08 Å². The van der Waals surface area contributed by atoms with Crippen LogP contribution >= 0.6 is 15.9 Å². The highest BCUT2D eigenvalue weighted by atomic mass is 79.9. The second kappa shape index (κ2) is 6.35. The van der Waals surface area contributed by atoms with Gasteiger partial charge in [0.25, 0.3) is 0 Å². The summed E-state index contributed by atoms with van der Waals surface area (Å²) in [5, 5.41) is 8.93. The summed E-state index contributed by atoms with van der Waals surface area (Å²) < 4.78 is 1.01. The van der Waals surface area contributed by atoms with E-state index in [-0.39, 0.29) is 11.3 Å². The Balaban J connectivity index is 1.51. The monoisotopic (exact) mass is 378 g/mol. The fourth-order valence-electron chi connectivity index (χ4n) is 3.26. The molecule has 0 aromatic heterocycles. The smallest absolute Gasteiger partial charge is 0.407 e. The van der Waals surface area contributed by atoms with Crippen molar-refractivity contribution in [1.29, 1.82) is 0 Å². The minimum Gasteiger partial charge on any atom is -0.465 e. The summed E-state index contributed by atoms with van der Waals surface area (Å²) in [6, 6.07) is 7.79. The number of nitrogens with zero attached hydrogens (tertiary/aromatic N) is 2. The molecular formula is C17H19BrN2O3. The fourth-order valence-corrected chi connectivity index (χ4v) is 3.53. The van der Waals surface area contributed by atoms with E-state index in [0.29, 0.717) is 26.2 Å². The second-order valence-corrected chi connectivity index (χ2v) is 7.26. The van der Waals surface area contributed by atoms with E-state index >= 15 is 0 Å². The molecule has 6 heteroatoms. The molecule has 23 heavy (non-hydrogen) atoms. The minimum atomic E-state index is -0.841. The summed E-state index contributed by atoms with van der Waals surface area (Å²) in [6.45, 7) is 2.63. The van der Waals surface area contributed by atoms with Crippen LogP contribution in [0, 0.1) is 5.41 Å². The normalized spacial score (nSPS) is 19.9. The molecule has 5 nitrogen and oxygen atoms in total. The Kier molecular flexibility index (Phi) is 4.43. The molecule has 2 amide bonds. The van der Waals surface area contributed by atoms with E-state index in [4.69, 9.17) is 5.11 Å². The molecule has 1 N–H and O–H groups in total. The molecular weight excluding hydrogens is 360 g/mol. The number of hydrogen-bond donors (Lipinski definition) is 1. The molecule has 1 aromatic carbocycles. The molecule has 0 radical (unpaired) electrons. The molecule has 2 saturated heterocycles. The first-order valence-corrected chi connectivity index (χ1v) is 8.47. The zero-order chi connectivity index (χ0) is 16.4. The van der Waals surface area contributed by atoms with Gasteiger partial charge in [0, 0.05) is 42.1 Å². The van der Waals surface area contributed by atoms with Gasteiger partial charge in [-0.25, -0.2) is 4.79 Å². The van der Waals surface area contributed by atoms with E-state index in [1.165, 1.54) is 4.90 Å². The predicted molar refractivity (Wildman–Crippen MR) is 91.0 cm³/mol. The SMILES string of the molecule is O=C(O)N1CC2(CCN(C(=O)C=Cc3ccc(Br)cc3)CC2)C1.